The van der Waals surface area contributed by atoms with Crippen LogP contribution in [0, 0.1) is 15.3 Å². The number of aryl methyl sites for hydroxylation is 1. The normalized spacial score (nSPS) is 15.3. The molecule has 4 aromatic rings. The molecule has 0 unspecified atom stereocenters. The lowest BCUT2D eigenvalue weighted by Gasteiger charge is -2.31. The van der Waals surface area contributed by atoms with Crippen molar-refractivity contribution >= 4 is 44.4 Å². The number of hydrogen-bond donors (Lipinski definition) is 0. The Morgan fingerprint density at radius 3 is 2.58 bits per heavy atom. The first kappa shape index (κ1) is 22.5. The van der Waals surface area contributed by atoms with Gasteiger partial charge in [0.1, 0.15) is 11.3 Å². The van der Waals surface area contributed by atoms with Crippen LogP contribution in [0.2, 0.25) is 0 Å². The van der Waals surface area contributed by atoms with E-state index < -0.39 is 0 Å². The topological polar surface area (TPSA) is 38.2 Å². The predicted octanol–water partition coefficient (Wildman–Crippen LogP) is 6.25. The summed E-state index contributed by atoms with van der Waals surface area (Å²) in [4.78, 5) is 11.6. The Bertz CT molecular complexity index is 1240. The fourth-order valence-corrected chi connectivity index (χ4v) is 4.98. The molecule has 4 nitrogen and oxygen atoms in total. The zero-order valence-corrected chi connectivity index (χ0v) is 20.7. The van der Waals surface area contributed by atoms with Crippen molar-refractivity contribution in [3.05, 3.63) is 75.7 Å². The Balaban J connectivity index is 1.16. The summed E-state index contributed by atoms with van der Waals surface area (Å²) < 4.78 is 21.9. The van der Waals surface area contributed by atoms with Crippen molar-refractivity contribution in [1.29, 1.82) is 0 Å². The van der Waals surface area contributed by atoms with Crippen LogP contribution in [0.4, 0.5) is 4.39 Å². The molecule has 0 atom stereocenters. The third kappa shape index (κ3) is 5.27. The third-order valence-electron chi connectivity index (χ3n) is 6.51. The molecule has 0 bridgehead atoms. The van der Waals surface area contributed by atoms with Crippen LogP contribution in [-0.2, 0) is 6.42 Å². The Hall–Kier alpha value is -2.32. The number of nitrogens with zero attached hydrogens (tertiary/aromatic N) is 3. The van der Waals surface area contributed by atoms with Crippen molar-refractivity contribution in [3.8, 4) is 5.88 Å². The average molecular weight is 553 g/mol. The summed E-state index contributed by atoms with van der Waals surface area (Å²) in [6, 6.07) is 17.6. The van der Waals surface area contributed by atoms with Crippen molar-refractivity contribution < 1.29 is 9.13 Å². The zero-order valence-electron chi connectivity index (χ0n) is 18.5. The largest absolute Gasteiger partial charge is 0.477 e. The van der Waals surface area contributed by atoms with Gasteiger partial charge in [-0.2, -0.15) is 0 Å². The molecule has 33 heavy (non-hydrogen) atoms. The number of piperidine rings is 1. The van der Waals surface area contributed by atoms with E-state index in [0.717, 1.165) is 55.2 Å². The molecular weight excluding hydrogens is 526 g/mol. The number of likely N-dealkylation sites (tertiary alicyclic amines) is 1. The molecule has 0 amide bonds. The quantitative estimate of drug-likeness (QED) is 0.200. The van der Waals surface area contributed by atoms with Crippen molar-refractivity contribution in [3.63, 3.8) is 0 Å². The Morgan fingerprint density at radius 1 is 0.970 bits per heavy atom. The second-order valence-corrected chi connectivity index (χ2v) is 10.0. The molecule has 3 heterocycles. The molecule has 5 rings (SSSR count). The minimum Gasteiger partial charge on any atom is -0.477 e. The number of ether oxygens (including phenoxy) is 1. The van der Waals surface area contributed by atoms with Crippen molar-refractivity contribution in [1.82, 2.24) is 14.9 Å². The summed E-state index contributed by atoms with van der Waals surface area (Å²) >= 11 is 2.35. The van der Waals surface area contributed by atoms with Crippen LogP contribution in [0.3, 0.4) is 0 Å². The summed E-state index contributed by atoms with van der Waals surface area (Å²) in [5.41, 5.74) is 2.47. The van der Waals surface area contributed by atoms with E-state index in [1.54, 1.807) is 12.3 Å². The Kier molecular flexibility index (Phi) is 7.02. The Labute approximate surface area is 207 Å². The van der Waals surface area contributed by atoms with E-state index in [1.807, 2.05) is 18.2 Å². The highest BCUT2D eigenvalue weighted by atomic mass is 125. The molecule has 6 heteroatoms. The summed E-state index contributed by atoms with van der Waals surface area (Å²) in [5.74, 6) is 0.626. The molecule has 0 saturated carbocycles. The molecule has 2 aromatic carbocycles. The summed E-state index contributed by atoms with van der Waals surface area (Å²) in [6.07, 6.45) is 6.27. The van der Waals surface area contributed by atoms with E-state index in [0.29, 0.717) is 23.9 Å². The number of halogens is 2. The fraction of sp³-hybridized carbons (Fsp3) is 0.333. The lowest BCUT2D eigenvalue weighted by atomic mass is 9.97. The molecule has 0 N–H and O–H groups in total. The first-order chi connectivity index (χ1) is 16.2. The number of pyridine rings is 2. The second-order valence-electron chi connectivity index (χ2n) is 8.78. The van der Waals surface area contributed by atoms with Gasteiger partial charge in [0.25, 0.3) is 0 Å². The van der Waals surface area contributed by atoms with E-state index in [4.69, 9.17) is 4.74 Å². The van der Waals surface area contributed by atoms with Crippen LogP contribution in [0.5, 0.6) is 5.88 Å². The molecule has 1 saturated heterocycles. The van der Waals surface area contributed by atoms with Gasteiger partial charge in [0.2, 0.25) is 5.88 Å². The SMILES string of the molecule is Fc1cccc2c1nc(OCC1CCN(CCCc3ccc([125I])cc3)CC1)c1cccnc12. The van der Waals surface area contributed by atoms with Gasteiger partial charge in [0, 0.05) is 15.2 Å². The van der Waals surface area contributed by atoms with Gasteiger partial charge in [-0.1, -0.05) is 24.3 Å². The van der Waals surface area contributed by atoms with Crippen molar-refractivity contribution in [2.24, 2.45) is 5.92 Å². The first-order valence-electron chi connectivity index (χ1n) is 11.6. The second kappa shape index (κ2) is 10.3. The molecule has 1 fully saturated rings. The monoisotopic (exact) mass is 553 g/mol. The summed E-state index contributed by atoms with van der Waals surface area (Å²) in [6.45, 7) is 3.94. The number of aromatic nitrogens is 2. The highest BCUT2D eigenvalue weighted by Crippen LogP contribution is 2.31. The molecule has 0 spiro atoms. The number of fused-ring (bicyclic) bond motifs is 3. The maximum Gasteiger partial charge on any atom is 0.223 e. The summed E-state index contributed by atoms with van der Waals surface area (Å²) in [5, 5.41) is 1.56. The van der Waals surface area contributed by atoms with Crippen LogP contribution in [0.25, 0.3) is 21.8 Å². The Morgan fingerprint density at radius 2 is 1.76 bits per heavy atom. The highest BCUT2D eigenvalue weighted by molar-refractivity contribution is 14.1. The van der Waals surface area contributed by atoms with Gasteiger partial charge in [-0.15, -0.1) is 0 Å². The first-order valence-corrected chi connectivity index (χ1v) is 12.7. The smallest absolute Gasteiger partial charge is 0.223 e. The van der Waals surface area contributed by atoms with Gasteiger partial charge in [-0.25, -0.2) is 9.37 Å². The number of rotatable bonds is 7. The van der Waals surface area contributed by atoms with Crippen molar-refractivity contribution in [2.75, 3.05) is 26.2 Å². The summed E-state index contributed by atoms with van der Waals surface area (Å²) in [7, 11) is 0. The molecule has 0 radical (unpaired) electrons. The molecule has 170 valence electrons. The van der Waals surface area contributed by atoms with E-state index in [1.165, 1.54) is 21.6 Å². The minimum atomic E-state index is -0.344. The standard InChI is InChI=1S/C27H27FIN3O/c28-24-7-1-5-22-25-23(6-2-14-30-25)27(31-26(22)24)33-18-20-12-16-32(17-13-20)15-3-4-19-8-10-21(29)11-9-19/h1-2,5-11,14,20H,3-4,12-13,15-18H2/i29-2. The minimum absolute atomic E-state index is 0.321. The predicted molar refractivity (Wildman–Crippen MR) is 139 cm³/mol. The fourth-order valence-electron chi connectivity index (χ4n) is 4.62. The van der Waals surface area contributed by atoms with Gasteiger partial charge in [-0.05, 0) is 110 Å². The number of hydrogen-bond acceptors (Lipinski definition) is 4. The average Bonchev–Trinajstić information content (AvgIpc) is 2.85. The van der Waals surface area contributed by atoms with E-state index in [9.17, 15) is 4.39 Å². The third-order valence-corrected chi connectivity index (χ3v) is 7.23. The molecule has 2 aromatic heterocycles. The lowest BCUT2D eigenvalue weighted by molar-refractivity contribution is 0.139. The van der Waals surface area contributed by atoms with Gasteiger partial charge in [0.15, 0.2) is 0 Å². The van der Waals surface area contributed by atoms with Gasteiger partial charge >= 0.3 is 0 Å². The van der Waals surface area contributed by atoms with Crippen LogP contribution in [0.1, 0.15) is 24.8 Å². The van der Waals surface area contributed by atoms with Crippen LogP contribution < -0.4 is 4.74 Å². The van der Waals surface area contributed by atoms with Gasteiger partial charge < -0.3 is 9.64 Å². The van der Waals surface area contributed by atoms with Crippen LogP contribution in [-0.4, -0.2) is 41.1 Å². The number of para-hydroxylation sites is 1. The van der Waals surface area contributed by atoms with E-state index in [2.05, 4.69) is 61.7 Å². The highest BCUT2D eigenvalue weighted by Gasteiger charge is 2.21. The van der Waals surface area contributed by atoms with Crippen LogP contribution >= 0.6 is 22.6 Å². The maximum atomic E-state index is 14.4. The molecule has 0 aliphatic carbocycles. The van der Waals surface area contributed by atoms with Gasteiger partial charge in [0.05, 0.1) is 17.5 Å². The van der Waals surface area contributed by atoms with Crippen LogP contribution in [0.15, 0.2) is 60.8 Å². The maximum absolute atomic E-state index is 14.4. The van der Waals surface area contributed by atoms with E-state index in [-0.39, 0.29) is 5.82 Å². The molecule has 1 aliphatic rings. The lowest BCUT2D eigenvalue weighted by Crippen LogP contribution is -2.36. The molecular formula is C27H27FIN3O. The van der Waals surface area contributed by atoms with E-state index >= 15 is 0 Å². The zero-order chi connectivity index (χ0) is 22.6. The van der Waals surface area contributed by atoms with Gasteiger partial charge in [-0.3, -0.25) is 4.98 Å². The number of benzene rings is 2. The van der Waals surface area contributed by atoms with Crippen molar-refractivity contribution in [2.45, 2.75) is 25.7 Å². The molecule has 1 aliphatic heterocycles.